The van der Waals surface area contributed by atoms with E-state index in [0.717, 1.165) is 16.7 Å². The Morgan fingerprint density at radius 1 is 0.808 bits per heavy atom. The maximum atomic E-state index is 12.9. The maximum absolute atomic E-state index is 12.9. The molecule has 0 aliphatic carbocycles. The van der Waals surface area contributed by atoms with Gasteiger partial charge in [-0.3, -0.25) is 4.79 Å². The van der Waals surface area contributed by atoms with Crippen LogP contribution in [0.5, 0.6) is 0 Å². The molecule has 3 rings (SSSR count). The molecular weight excluding hydrogens is 365 g/mol. The minimum atomic E-state index is -0.184. The van der Waals surface area contributed by atoms with Crippen molar-refractivity contribution in [1.29, 1.82) is 0 Å². The van der Waals surface area contributed by atoms with Crippen LogP contribution in [0.2, 0.25) is 10.0 Å². The lowest BCUT2D eigenvalue weighted by atomic mass is 10.0. The highest BCUT2D eigenvalue weighted by Crippen LogP contribution is 2.23. The highest BCUT2D eigenvalue weighted by molar-refractivity contribution is 6.33. The third-order valence-electron chi connectivity index (χ3n) is 3.93. The van der Waals surface area contributed by atoms with Crippen LogP contribution < -0.4 is 5.32 Å². The van der Waals surface area contributed by atoms with Crippen LogP contribution >= 0.6 is 23.2 Å². The molecule has 1 amide bonds. The second-order valence-corrected chi connectivity index (χ2v) is 6.53. The van der Waals surface area contributed by atoms with Gasteiger partial charge in [-0.25, -0.2) is 0 Å². The van der Waals surface area contributed by atoms with Gasteiger partial charge in [-0.05, 0) is 34.9 Å². The number of hydrogen-bond donors (Lipinski definition) is 1. The van der Waals surface area contributed by atoms with Gasteiger partial charge in [0.15, 0.2) is 0 Å². The van der Waals surface area contributed by atoms with Crippen molar-refractivity contribution in [3.8, 4) is 0 Å². The molecule has 0 spiro atoms. The lowest BCUT2D eigenvalue weighted by Gasteiger charge is -2.11. The van der Waals surface area contributed by atoms with Crippen LogP contribution in [0.4, 0.5) is 0 Å². The van der Waals surface area contributed by atoms with E-state index in [-0.39, 0.29) is 5.91 Å². The summed E-state index contributed by atoms with van der Waals surface area (Å²) in [6.07, 6.45) is 1.81. The first-order valence-electron chi connectivity index (χ1n) is 8.18. The first kappa shape index (κ1) is 18.2. The predicted molar refractivity (Wildman–Crippen MR) is 109 cm³/mol. The molecule has 0 atom stereocenters. The average molecular weight is 382 g/mol. The molecular formula is C22H17Cl2NO. The SMILES string of the molecule is O=C(NCc1ccccc1Cl)C(=Cc1ccccc1Cl)c1ccccc1. The van der Waals surface area contributed by atoms with Crippen molar-refractivity contribution in [2.45, 2.75) is 6.54 Å². The van der Waals surface area contributed by atoms with Gasteiger partial charge >= 0.3 is 0 Å². The minimum Gasteiger partial charge on any atom is -0.348 e. The number of benzene rings is 3. The van der Waals surface area contributed by atoms with Crippen LogP contribution in [-0.2, 0) is 11.3 Å². The van der Waals surface area contributed by atoms with Crippen molar-refractivity contribution in [1.82, 2.24) is 5.32 Å². The number of hydrogen-bond acceptors (Lipinski definition) is 1. The monoisotopic (exact) mass is 381 g/mol. The van der Waals surface area contributed by atoms with E-state index in [0.29, 0.717) is 22.2 Å². The molecule has 0 aromatic heterocycles. The number of amides is 1. The predicted octanol–water partition coefficient (Wildman–Crippen LogP) is 5.85. The molecule has 3 aromatic carbocycles. The van der Waals surface area contributed by atoms with Gasteiger partial charge in [-0.1, -0.05) is 89.9 Å². The molecule has 3 aromatic rings. The zero-order valence-electron chi connectivity index (χ0n) is 14.0. The number of carbonyl (C=O) groups is 1. The molecule has 0 aliphatic heterocycles. The van der Waals surface area contributed by atoms with Crippen molar-refractivity contribution in [2.24, 2.45) is 0 Å². The van der Waals surface area contributed by atoms with E-state index in [9.17, 15) is 4.79 Å². The Morgan fingerprint density at radius 2 is 1.42 bits per heavy atom. The van der Waals surface area contributed by atoms with Crippen LogP contribution in [-0.4, -0.2) is 5.91 Å². The Balaban J connectivity index is 1.90. The molecule has 0 radical (unpaired) electrons. The van der Waals surface area contributed by atoms with Gasteiger partial charge in [-0.15, -0.1) is 0 Å². The normalized spacial score (nSPS) is 11.2. The van der Waals surface area contributed by atoms with Gasteiger partial charge in [0.25, 0.3) is 5.91 Å². The molecule has 0 heterocycles. The van der Waals surface area contributed by atoms with E-state index in [1.165, 1.54) is 0 Å². The molecule has 0 saturated heterocycles. The zero-order chi connectivity index (χ0) is 18.4. The highest BCUT2D eigenvalue weighted by atomic mass is 35.5. The zero-order valence-corrected chi connectivity index (χ0v) is 15.5. The summed E-state index contributed by atoms with van der Waals surface area (Å²) in [6, 6.07) is 24.4. The molecule has 0 unspecified atom stereocenters. The summed E-state index contributed by atoms with van der Waals surface area (Å²) in [5.74, 6) is -0.184. The third kappa shape index (κ3) is 4.54. The summed E-state index contributed by atoms with van der Waals surface area (Å²) < 4.78 is 0. The fourth-order valence-corrected chi connectivity index (χ4v) is 2.95. The fraction of sp³-hybridized carbons (Fsp3) is 0.0455. The molecule has 130 valence electrons. The van der Waals surface area contributed by atoms with Crippen molar-refractivity contribution in [3.05, 3.63) is 106 Å². The lowest BCUT2D eigenvalue weighted by molar-refractivity contribution is -0.115. The van der Waals surface area contributed by atoms with Gasteiger partial charge in [0.05, 0.1) is 0 Å². The Hall–Kier alpha value is -2.55. The fourth-order valence-electron chi connectivity index (χ4n) is 2.56. The van der Waals surface area contributed by atoms with Crippen LogP contribution in [0.15, 0.2) is 78.9 Å². The summed E-state index contributed by atoms with van der Waals surface area (Å²) >= 11 is 12.4. The van der Waals surface area contributed by atoms with E-state index in [4.69, 9.17) is 23.2 Å². The first-order chi connectivity index (χ1) is 12.6. The summed E-state index contributed by atoms with van der Waals surface area (Å²) in [5.41, 5.74) is 3.03. The molecule has 0 fully saturated rings. The van der Waals surface area contributed by atoms with E-state index in [2.05, 4.69) is 5.32 Å². The van der Waals surface area contributed by atoms with Crippen molar-refractivity contribution in [3.63, 3.8) is 0 Å². The summed E-state index contributed by atoms with van der Waals surface area (Å²) in [5, 5.41) is 4.17. The van der Waals surface area contributed by atoms with Crippen LogP contribution in [0.1, 0.15) is 16.7 Å². The minimum absolute atomic E-state index is 0.184. The van der Waals surface area contributed by atoms with Crippen LogP contribution in [0.25, 0.3) is 11.6 Å². The molecule has 26 heavy (non-hydrogen) atoms. The molecule has 0 aliphatic rings. The van der Waals surface area contributed by atoms with Crippen LogP contribution in [0.3, 0.4) is 0 Å². The average Bonchev–Trinajstić information content (AvgIpc) is 2.67. The number of halogens is 2. The van der Waals surface area contributed by atoms with Gasteiger partial charge in [0, 0.05) is 22.2 Å². The molecule has 2 nitrogen and oxygen atoms in total. The molecule has 4 heteroatoms. The number of rotatable bonds is 5. The van der Waals surface area contributed by atoms with Gasteiger partial charge < -0.3 is 5.32 Å². The standard InChI is InChI=1S/C22H17Cl2NO/c23-20-12-6-4-10-17(20)14-19(16-8-2-1-3-9-16)22(26)25-15-18-11-5-7-13-21(18)24/h1-14H,15H2,(H,25,26). The van der Waals surface area contributed by atoms with Crippen molar-refractivity contribution < 1.29 is 4.79 Å². The lowest BCUT2D eigenvalue weighted by Crippen LogP contribution is -2.24. The highest BCUT2D eigenvalue weighted by Gasteiger charge is 2.13. The maximum Gasteiger partial charge on any atom is 0.252 e. The number of carbonyl (C=O) groups excluding carboxylic acids is 1. The third-order valence-corrected chi connectivity index (χ3v) is 4.64. The number of nitrogens with one attached hydrogen (secondary N) is 1. The van der Waals surface area contributed by atoms with Crippen molar-refractivity contribution >= 4 is 40.8 Å². The second kappa shape index (κ2) is 8.70. The van der Waals surface area contributed by atoms with E-state index in [1.807, 2.05) is 66.7 Å². The van der Waals surface area contributed by atoms with Gasteiger partial charge in [0.2, 0.25) is 0 Å². The summed E-state index contributed by atoms with van der Waals surface area (Å²) in [7, 11) is 0. The Kier molecular flexibility index (Phi) is 6.11. The Bertz CT molecular complexity index is 936. The molecule has 1 N–H and O–H groups in total. The summed E-state index contributed by atoms with van der Waals surface area (Å²) in [4.78, 5) is 12.9. The first-order valence-corrected chi connectivity index (χ1v) is 8.94. The Morgan fingerprint density at radius 3 is 2.12 bits per heavy atom. The van der Waals surface area contributed by atoms with E-state index < -0.39 is 0 Å². The van der Waals surface area contributed by atoms with Crippen molar-refractivity contribution in [2.75, 3.05) is 0 Å². The summed E-state index contributed by atoms with van der Waals surface area (Å²) in [6.45, 7) is 0.352. The largest absolute Gasteiger partial charge is 0.348 e. The van der Waals surface area contributed by atoms with E-state index in [1.54, 1.807) is 18.2 Å². The molecule has 0 bridgehead atoms. The smallest absolute Gasteiger partial charge is 0.252 e. The second-order valence-electron chi connectivity index (χ2n) is 5.72. The topological polar surface area (TPSA) is 29.1 Å². The molecule has 0 saturated carbocycles. The van der Waals surface area contributed by atoms with Crippen LogP contribution in [0, 0.1) is 0 Å². The van der Waals surface area contributed by atoms with E-state index >= 15 is 0 Å². The van der Waals surface area contributed by atoms with Gasteiger partial charge in [-0.2, -0.15) is 0 Å². The Labute approximate surface area is 163 Å². The van der Waals surface area contributed by atoms with Gasteiger partial charge in [0.1, 0.15) is 0 Å². The quantitative estimate of drug-likeness (QED) is 0.435.